The number of hydrogen-bond donors (Lipinski definition) is 0. The highest BCUT2D eigenvalue weighted by Crippen LogP contribution is 2.63. The molecule has 5 heterocycles. The first-order chi connectivity index (χ1) is 47.6. The molecule has 0 unspecified atom stereocenters. The third-order valence-corrected chi connectivity index (χ3v) is 24.3. The van der Waals surface area contributed by atoms with Crippen molar-refractivity contribution in [1.29, 1.82) is 0 Å². The van der Waals surface area contributed by atoms with Crippen molar-refractivity contribution in [2.24, 2.45) is 0 Å². The van der Waals surface area contributed by atoms with Crippen LogP contribution in [0.4, 0.5) is 0 Å². The number of fused-ring (bicyclic) bond motifs is 13. The van der Waals surface area contributed by atoms with Crippen LogP contribution in [0.3, 0.4) is 0 Å². The van der Waals surface area contributed by atoms with E-state index in [1.165, 1.54) is 194 Å². The van der Waals surface area contributed by atoms with Crippen molar-refractivity contribution in [3.63, 3.8) is 0 Å². The third kappa shape index (κ3) is 9.49. The molecule has 2 nitrogen and oxygen atoms in total. The molecule has 11 aromatic carbocycles. The van der Waals surface area contributed by atoms with Gasteiger partial charge >= 0.3 is 0 Å². The van der Waals surface area contributed by atoms with E-state index in [1.54, 1.807) is 0 Å². The summed E-state index contributed by atoms with van der Waals surface area (Å²) in [6.45, 7) is 57.4. The van der Waals surface area contributed by atoms with Gasteiger partial charge in [-0.3, -0.25) is 0 Å². The molecule has 1 aliphatic carbocycles. The SMILES string of the molecule is CC(C)(C)c1cc(-c2cc(C(C)(C)C)ccc2-c2c(-c3ccc(C(C)(C)C)cc3-c3cc(C(C)(C)C)cc(C(C)(C)C)c3)n3c4c(c5ccccc5cc24)B2c4c-3ccc3c4-n4c5c2cc(C(C)(C)C)cc5c2cc(C(C)(C)C)cc(c24)C32c3ccccc3-c3ccccc32)cc(C(C)(C)C)c1. The van der Waals surface area contributed by atoms with Crippen molar-refractivity contribution < 1.29 is 0 Å². The van der Waals surface area contributed by atoms with Gasteiger partial charge in [0.05, 0.1) is 22.1 Å². The van der Waals surface area contributed by atoms with Crippen molar-refractivity contribution in [2.45, 2.75) is 215 Å². The van der Waals surface area contributed by atoms with E-state index in [2.05, 4.69) is 363 Å². The fraction of sp³-hybridized carbons (Fsp3) is 0.333. The smallest absolute Gasteiger partial charge is 0.253 e. The molecule has 2 aromatic heterocycles. The zero-order valence-electron chi connectivity index (χ0n) is 65.4. The highest BCUT2D eigenvalue weighted by Gasteiger charge is 2.55. The molecule has 512 valence electrons. The zero-order valence-corrected chi connectivity index (χ0v) is 65.4. The maximum atomic E-state index is 2.86. The summed E-state index contributed by atoms with van der Waals surface area (Å²) < 4.78 is 5.69. The average molecular weight is 1330 g/mol. The zero-order chi connectivity index (χ0) is 72.4. The molecule has 102 heavy (non-hydrogen) atoms. The van der Waals surface area contributed by atoms with Crippen LogP contribution >= 0.6 is 0 Å². The first-order valence-corrected chi connectivity index (χ1v) is 37.9. The minimum Gasteiger partial charge on any atom is -0.310 e. The lowest BCUT2D eigenvalue weighted by Crippen LogP contribution is -2.61. The highest BCUT2D eigenvalue weighted by molar-refractivity contribution is 7.01. The van der Waals surface area contributed by atoms with Gasteiger partial charge in [-0.2, -0.15) is 0 Å². The van der Waals surface area contributed by atoms with Crippen LogP contribution < -0.4 is 16.4 Å². The Kier molecular flexibility index (Phi) is 13.8. The molecular formula is C99H103BN2. The Morgan fingerprint density at radius 1 is 0.275 bits per heavy atom. The first-order valence-electron chi connectivity index (χ1n) is 37.9. The Morgan fingerprint density at radius 2 is 0.716 bits per heavy atom. The van der Waals surface area contributed by atoms with Crippen molar-refractivity contribution >= 4 is 66.6 Å². The first kappa shape index (κ1) is 66.3. The lowest BCUT2D eigenvalue weighted by molar-refractivity contribution is 0.568. The summed E-state index contributed by atoms with van der Waals surface area (Å²) in [5, 5.41) is 6.54. The van der Waals surface area contributed by atoms with Crippen LogP contribution in [0.15, 0.2) is 188 Å². The molecule has 0 saturated heterocycles. The van der Waals surface area contributed by atoms with Gasteiger partial charge in [-0.05, 0) is 213 Å². The van der Waals surface area contributed by atoms with E-state index in [9.17, 15) is 0 Å². The summed E-state index contributed by atoms with van der Waals surface area (Å²) in [6.07, 6.45) is 0. The lowest BCUT2D eigenvalue weighted by Gasteiger charge is -2.44. The Bertz CT molecular complexity index is 5710. The maximum Gasteiger partial charge on any atom is 0.253 e. The molecule has 3 heteroatoms. The second-order valence-corrected chi connectivity index (χ2v) is 39.5. The molecular weight excluding hydrogens is 1230 g/mol. The van der Waals surface area contributed by atoms with Crippen molar-refractivity contribution in [3.05, 3.63) is 255 Å². The maximum absolute atomic E-state index is 2.86. The van der Waals surface area contributed by atoms with E-state index < -0.39 is 5.41 Å². The molecule has 0 radical (unpaired) electrons. The van der Waals surface area contributed by atoms with Crippen molar-refractivity contribution in [2.75, 3.05) is 0 Å². The van der Waals surface area contributed by atoms with Gasteiger partial charge in [0, 0.05) is 44.2 Å². The minimum absolute atomic E-state index is 0.107. The molecule has 3 aliphatic heterocycles. The van der Waals surface area contributed by atoms with Crippen LogP contribution in [0.5, 0.6) is 0 Å². The van der Waals surface area contributed by atoms with E-state index in [4.69, 9.17) is 0 Å². The van der Waals surface area contributed by atoms with E-state index in [-0.39, 0.29) is 50.0 Å². The Balaban J connectivity index is 1.14. The summed E-state index contributed by atoms with van der Waals surface area (Å²) in [7, 11) is 0. The molecule has 0 amide bonds. The standard InChI is InChI=1S/C99H103BN2/c1-91(2,3)59-37-39-70(72(50-59)57-43-61(93(7,8)9)48-62(44-57)94(10,11)12)83-76-47-56-31-25-26-32-67(56)84-89(76)101(88(83)71-40-38-60(92(4,5)6)51-73(71)58-45-63(95(13,14)15)49-64(46-58)96(16,17)18)82-42-41-79-90-85(82)100(84)81-55-66(98(22,23)24)53-75-74-52-65(97(19,20)21)54-80(86(74)102(90)87(75)81)99(79)77-35-29-27-33-68(77)69-34-28-30-36-78(69)99/h25-55H,1-24H3. The van der Waals surface area contributed by atoms with Crippen LogP contribution in [0.1, 0.15) is 233 Å². The van der Waals surface area contributed by atoms with Crippen molar-refractivity contribution in [3.8, 4) is 67.1 Å². The quantitative estimate of drug-likeness (QED) is 0.155. The lowest BCUT2D eigenvalue weighted by atomic mass is 9.33. The number of nitrogens with zero attached hydrogens (tertiary/aromatic N) is 2. The Labute approximate surface area is 608 Å². The highest BCUT2D eigenvalue weighted by atomic mass is 15.1. The van der Waals surface area contributed by atoms with E-state index in [1.807, 2.05) is 0 Å². The second kappa shape index (κ2) is 21.1. The number of benzene rings is 11. The van der Waals surface area contributed by atoms with Gasteiger partial charge in [0.1, 0.15) is 0 Å². The predicted molar refractivity (Wildman–Crippen MR) is 442 cm³/mol. The third-order valence-electron chi connectivity index (χ3n) is 24.3. The fourth-order valence-corrected chi connectivity index (χ4v) is 18.4. The Hall–Kier alpha value is -8.92. The topological polar surface area (TPSA) is 9.86 Å². The Morgan fingerprint density at radius 3 is 1.23 bits per heavy atom. The van der Waals surface area contributed by atoms with E-state index in [0.29, 0.717) is 0 Å². The number of aromatic nitrogens is 2. The summed E-state index contributed by atoms with van der Waals surface area (Å²) >= 11 is 0. The molecule has 1 spiro atoms. The summed E-state index contributed by atoms with van der Waals surface area (Å²) in [4.78, 5) is 0. The van der Waals surface area contributed by atoms with Gasteiger partial charge < -0.3 is 9.13 Å². The van der Waals surface area contributed by atoms with E-state index in [0.717, 1.165) is 0 Å². The van der Waals surface area contributed by atoms with Crippen molar-refractivity contribution in [1.82, 2.24) is 9.13 Å². The van der Waals surface area contributed by atoms with Crippen LogP contribution in [0, 0.1) is 0 Å². The average Bonchev–Trinajstić information content (AvgIpc) is 1.44. The molecule has 13 aromatic rings. The molecule has 0 saturated carbocycles. The molecule has 17 rings (SSSR count). The van der Waals surface area contributed by atoms with Crippen LogP contribution in [0.2, 0.25) is 0 Å². The summed E-state index contributed by atoms with van der Waals surface area (Å²) in [5.41, 5.74) is 37.9. The minimum atomic E-state index is -0.647. The molecule has 0 atom stereocenters. The van der Waals surface area contributed by atoms with Gasteiger partial charge in [0.2, 0.25) is 0 Å². The van der Waals surface area contributed by atoms with Gasteiger partial charge in [-0.25, -0.2) is 0 Å². The van der Waals surface area contributed by atoms with Crippen LogP contribution in [-0.4, -0.2) is 15.8 Å². The fourth-order valence-electron chi connectivity index (χ4n) is 18.4. The van der Waals surface area contributed by atoms with Gasteiger partial charge in [-0.15, -0.1) is 0 Å². The normalized spacial score (nSPS) is 14.7. The van der Waals surface area contributed by atoms with Crippen LogP contribution in [-0.2, 0) is 48.7 Å². The summed E-state index contributed by atoms with van der Waals surface area (Å²) in [6, 6.07) is 77.3. The molecule has 0 bridgehead atoms. The number of rotatable bonds is 4. The number of hydrogen-bond acceptors (Lipinski definition) is 0. The predicted octanol–water partition coefficient (Wildman–Crippen LogP) is 24.7. The van der Waals surface area contributed by atoms with Gasteiger partial charge in [0.25, 0.3) is 6.71 Å². The largest absolute Gasteiger partial charge is 0.310 e. The molecule has 0 N–H and O–H groups in total. The van der Waals surface area contributed by atoms with Gasteiger partial charge in [-0.1, -0.05) is 318 Å². The summed E-state index contributed by atoms with van der Waals surface area (Å²) in [5.74, 6) is 0. The monoisotopic (exact) mass is 1330 g/mol. The van der Waals surface area contributed by atoms with Crippen LogP contribution in [0.25, 0.3) is 111 Å². The molecule has 4 aliphatic rings. The van der Waals surface area contributed by atoms with E-state index >= 15 is 0 Å². The molecule has 0 fully saturated rings. The van der Waals surface area contributed by atoms with Gasteiger partial charge in [0.15, 0.2) is 0 Å². The second-order valence-electron chi connectivity index (χ2n) is 39.5.